The smallest absolute Gasteiger partial charge is 0.151 e. The van der Waals surface area contributed by atoms with Crippen molar-refractivity contribution in [2.75, 3.05) is 7.11 Å². The van der Waals surface area contributed by atoms with Gasteiger partial charge in [0, 0.05) is 10.6 Å². The fourth-order valence-electron chi connectivity index (χ4n) is 1.17. The Morgan fingerprint density at radius 3 is 2.71 bits per heavy atom. The number of carbonyl (C=O) groups is 1. The number of rotatable bonds is 3. The lowest BCUT2D eigenvalue weighted by molar-refractivity contribution is -0.118. The van der Waals surface area contributed by atoms with E-state index in [1.165, 1.54) is 14.0 Å². The summed E-state index contributed by atoms with van der Waals surface area (Å²) in [6.45, 7) is 1.44. The molecule has 1 rings (SSSR count). The highest BCUT2D eigenvalue weighted by Gasteiger charge is 2.16. The number of hydrogen-bond donors (Lipinski definition) is 1. The molecule has 0 saturated carbocycles. The summed E-state index contributed by atoms with van der Waals surface area (Å²) in [5.41, 5.74) is 6.31. The van der Waals surface area contributed by atoms with Gasteiger partial charge in [0.2, 0.25) is 0 Å². The van der Waals surface area contributed by atoms with Crippen molar-refractivity contribution in [2.45, 2.75) is 13.0 Å². The maximum atomic E-state index is 11.1. The van der Waals surface area contributed by atoms with Crippen LogP contribution in [0.2, 0.25) is 5.02 Å². The van der Waals surface area contributed by atoms with E-state index in [0.29, 0.717) is 16.3 Å². The molecule has 0 radical (unpaired) electrons. The van der Waals surface area contributed by atoms with Gasteiger partial charge in [0.25, 0.3) is 0 Å². The van der Waals surface area contributed by atoms with E-state index in [2.05, 4.69) is 0 Å². The van der Waals surface area contributed by atoms with Gasteiger partial charge >= 0.3 is 0 Å². The molecule has 0 spiro atoms. The van der Waals surface area contributed by atoms with E-state index in [-0.39, 0.29) is 5.78 Å². The Kier molecular flexibility index (Phi) is 3.49. The standard InChI is InChI=1S/C10H12ClNO2/c1-6(13)10(12)8-5-7(11)3-4-9(8)14-2/h3-5,10H,12H2,1-2H3. The van der Waals surface area contributed by atoms with Crippen molar-refractivity contribution < 1.29 is 9.53 Å². The summed E-state index contributed by atoms with van der Waals surface area (Å²) < 4.78 is 5.08. The molecule has 0 fully saturated rings. The van der Waals surface area contributed by atoms with Crippen LogP contribution in [0, 0.1) is 0 Å². The molecule has 0 aliphatic rings. The summed E-state index contributed by atoms with van der Waals surface area (Å²) in [5.74, 6) is 0.461. The van der Waals surface area contributed by atoms with Gasteiger partial charge in [-0.25, -0.2) is 0 Å². The maximum absolute atomic E-state index is 11.1. The SMILES string of the molecule is COc1ccc(Cl)cc1C(N)C(C)=O. The van der Waals surface area contributed by atoms with Crippen LogP contribution in [-0.4, -0.2) is 12.9 Å². The van der Waals surface area contributed by atoms with Crippen molar-refractivity contribution in [3.05, 3.63) is 28.8 Å². The average molecular weight is 214 g/mol. The summed E-state index contributed by atoms with van der Waals surface area (Å²) in [7, 11) is 1.53. The molecule has 0 aliphatic heterocycles. The quantitative estimate of drug-likeness (QED) is 0.835. The molecule has 76 valence electrons. The third-order valence-electron chi connectivity index (χ3n) is 1.96. The van der Waals surface area contributed by atoms with Gasteiger partial charge in [-0.3, -0.25) is 4.79 Å². The van der Waals surface area contributed by atoms with Crippen LogP contribution in [-0.2, 0) is 4.79 Å². The van der Waals surface area contributed by atoms with E-state index in [1.54, 1.807) is 18.2 Å². The molecule has 0 aromatic heterocycles. The molecule has 1 aromatic rings. The highest BCUT2D eigenvalue weighted by atomic mass is 35.5. The Bertz CT molecular complexity index is 352. The predicted octanol–water partition coefficient (Wildman–Crippen LogP) is 1.94. The number of ether oxygens (including phenoxy) is 1. The topological polar surface area (TPSA) is 52.3 Å². The average Bonchev–Trinajstić information content (AvgIpc) is 2.16. The van der Waals surface area contributed by atoms with Crippen LogP contribution in [0.1, 0.15) is 18.5 Å². The number of methoxy groups -OCH3 is 1. The number of hydrogen-bond acceptors (Lipinski definition) is 3. The second kappa shape index (κ2) is 4.44. The van der Waals surface area contributed by atoms with Crippen molar-refractivity contribution in [1.29, 1.82) is 0 Å². The lowest BCUT2D eigenvalue weighted by Gasteiger charge is -2.13. The molecule has 0 saturated heterocycles. The molecule has 0 bridgehead atoms. The Morgan fingerprint density at radius 2 is 2.21 bits per heavy atom. The first kappa shape index (κ1) is 11.0. The van der Waals surface area contributed by atoms with Crippen molar-refractivity contribution in [2.24, 2.45) is 5.73 Å². The number of nitrogens with two attached hydrogens (primary N) is 1. The van der Waals surface area contributed by atoms with Crippen molar-refractivity contribution >= 4 is 17.4 Å². The van der Waals surface area contributed by atoms with Crippen LogP contribution in [0.5, 0.6) is 5.75 Å². The summed E-state index contributed by atoms with van der Waals surface area (Å²) >= 11 is 5.80. The lowest BCUT2D eigenvalue weighted by Crippen LogP contribution is -2.19. The molecule has 0 aliphatic carbocycles. The summed E-state index contributed by atoms with van der Waals surface area (Å²) in [6, 6.07) is 4.35. The minimum absolute atomic E-state index is 0.120. The van der Waals surface area contributed by atoms with Gasteiger partial charge < -0.3 is 10.5 Å². The molecular weight excluding hydrogens is 202 g/mol. The molecule has 14 heavy (non-hydrogen) atoms. The van der Waals surface area contributed by atoms with Crippen LogP contribution >= 0.6 is 11.6 Å². The first-order valence-electron chi connectivity index (χ1n) is 4.15. The Balaban J connectivity index is 3.16. The molecule has 0 heterocycles. The molecular formula is C10H12ClNO2. The fourth-order valence-corrected chi connectivity index (χ4v) is 1.35. The van der Waals surface area contributed by atoms with Gasteiger partial charge in [-0.2, -0.15) is 0 Å². The van der Waals surface area contributed by atoms with Gasteiger partial charge in [0.05, 0.1) is 13.2 Å². The predicted molar refractivity (Wildman–Crippen MR) is 55.6 cm³/mol. The van der Waals surface area contributed by atoms with Gasteiger partial charge in [0.15, 0.2) is 5.78 Å². The third kappa shape index (κ3) is 2.25. The number of ketones is 1. The lowest BCUT2D eigenvalue weighted by atomic mass is 10.0. The zero-order chi connectivity index (χ0) is 10.7. The number of halogens is 1. The molecule has 2 N–H and O–H groups in total. The molecule has 0 amide bonds. The van der Waals surface area contributed by atoms with Crippen molar-refractivity contribution in [3.8, 4) is 5.75 Å². The zero-order valence-electron chi connectivity index (χ0n) is 8.08. The van der Waals surface area contributed by atoms with Crippen molar-refractivity contribution in [1.82, 2.24) is 0 Å². The Morgan fingerprint density at radius 1 is 1.57 bits per heavy atom. The Labute approximate surface area is 87.8 Å². The minimum atomic E-state index is -0.677. The van der Waals surface area contributed by atoms with E-state index in [0.717, 1.165) is 0 Å². The van der Waals surface area contributed by atoms with Gasteiger partial charge in [-0.15, -0.1) is 0 Å². The first-order valence-corrected chi connectivity index (χ1v) is 4.53. The van der Waals surface area contributed by atoms with E-state index >= 15 is 0 Å². The Hall–Kier alpha value is -1.06. The van der Waals surface area contributed by atoms with Crippen LogP contribution in [0.15, 0.2) is 18.2 Å². The van der Waals surface area contributed by atoms with Gasteiger partial charge in [0.1, 0.15) is 5.75 Å². The van der Waals surface area contributed by atoms with E-state index < -0.39 is 6.04 Å². The fraction of sp³-hybridized carbons (Fsp3) is 0.300. The molecule has 1 aromatic carbocycles. The zero-order valence-corrected chi connectivity index (χ0v) is 8.84. The minimum Gasteiger partial charge on any atom is -0.496 e. The molecule has 1 unspecified atom stereocenters. The monoisotopic (exact) mass is 213 g/mol. The maximum Gasteiger partial charge on any atom is 0.151 e. The summed E-state index contributed by atoms with van der Waals surface area (Å²) in [4.78, 5) is 11.1. The normalized spacial score (nSPS) is 12.3. The first-order chi connectivity index (χ1) is 6.56. The second-order valence-corrected chi connectivity index (χ2v) is 3.41. The van der Waals surface area contributed by atoms with E-state index in [1.807, 2.05) is 0 Å². The van der Waals surface area contributed by atoms with Gasteiger partial charge in [-0.05, 0) is 25.1 Å². The van der Waals surface area contributed by atoms with Crippen LogP contribution in [0.3, 0.4) is 0 Å². The van der Waals surface area contributed by atoms with Crippen molar-refractivity contribution in [3.63, 3.8) is 0 Å². The highest BCUT2D eigenvalue weighted by Crippen LogP contribution is 2.27. The molecule has 4 heteroatoms. The summed E-state index contributed by atoms with van der Waals surface area (Å²) in [6.07, 6.45) is 0. The van der Waals surface area contributed by atoms with E-state index in [4.69, 9.17) is 22.1 Å². The summed E-state index contributed by atoms with van der Waals surface area (Å²) in [5, 5.41) is 0.539. The van der Waals surface area contributed by atoms with Crippen LogP contribution in [0.4, 0.5) is 0 Å². The number of carbonyl (C=O) groups excluding carboxylic acids is 1. The van der Waals surface area contributed by atoms with Crippen LogP contribution < -0.4 is 10.5 Å². The molecule has 3 nitrogen and oxygen atoms in total. The number of benzene rings is 1. The van der Waals surface area contributed by atoms with E-state index in [9.17, 15) is 4.79 Å². The largest absolute Gasteiger partial charge is 0.496 e. The number of Topliss-reactive ketones (excluding diaryl/α,β-unsaturated/α-hetero) is 1. The van der Waals surface area contributed by atoms with Crippen LogP contribution in [0.25, 0.3) is 0 Å². The van der Waals surface area contributed by atoms with Gasteiger partial charge in [-0.1, -0.05) is 11.6 Å². The second-order valence-electron chi connectivity index (χ2n) is 2.97. The highest BCUT2D eigenvalue weighted by molar-refractivity contribution is 6.30. The molecule has 1 atom stereocenters. The third-order valence-corrected chi connectivity index (χ3v) is 2.20.